The first-order valence-corrected chi connectivity index (χ1v) is 9.91. The Kier molecular flexibility index (Phi) is 4.88. The molecule has 2 heterocycles. The van der Waals surface area contributed by atoms with Gasteiger partial charge >= 0.3 is 0 Å². The molecule has 4 heteroatoms. The van der Waals surface area contributed by atoms with Gasteiger partial charge in [0.15, 0.2) is 0 Å². The normalized spacial score (nSPS) is 20.0. The van der Waals surface area contributed by atoms with Gasteiger partial charge in [-0.2, -0.15) is 0 Å². The SMILES string of the molecule is CC1CCCC(C)N1C(=O)c1cc(-c2ccccc2Cl)nc2ccccc12. The Bertz CT molecular complexity index is 991. The molecule has 3 nitrogen and oxygen atoms in total. The van der Waals surface area contributed by atoms with E-state index in [2.05, 4.69) is 13.8 Å². The van der Waals surface area contributed by atoms with Crippen LogP contribution < -0.4 is 0 Å². The second-order valence-electron chi connectivity index (χ2n) is 7.39. The largest absolute Gasteiger partial charge is 0.333 e. The minimum Gasteiger partial charge on any atom is -0.333 e. The number of fused-ring (bicyclic) bond motifs is 1. The molecule has 0 radical (unpaired) electrons. The molecule has 2 aromatic carbocycles. The molecule has 1 aromatic heterocycles. The maximum atomic E-state index is 13.6. The first kappa shape index (κ1) is 18.0. The highest BCUT2D eigenvalue weighted by atomic mass is 35.5. The van der Waals surface area contributed by atoms with Crippen molar-refractivity contribution in [3.8, 4) is 11.3 Å². The van der Waals surface area contributed by atoms with E-state index in [0.717, 1.165) is 35.0 Å². The number of nitrogens with zero attached hydrogens (tertiary/aromatic N) is 2. The fourth-order valence-corrected chi connectivity index (χ4v) is 4.35. The molecule has 1 fully saturated rings. The number of para-hydroxylation sites is 1. The number of hydrogen-bond donors (Lipinski definition) is 0. The number of hydrogen-bond acceptors (Lipinski definition) is 2. The lowest BCUT2D eigenvalue weighted by Crippen LogP contribution is -2.47. The molecule has 27 heavy (non-hydrogen) atoms. The molecule has 4 rings (SSSR count). The molecular weight excluding hydrogens is 356 g/mol. The number of benzene rings is 2. The summed E-state index contributed by atoms with van der Waals surface area (Å²) in [6.07, 6.45) is 3.28. The summed E-state index contributed by atoms with van der Waals surface area (Å²) in [5.41, 5.74) is 3.10. The highest BCUT2D eigenvalue weighted by molar-refractivity contribution is 6.33. The van der Waals surface area contributed by atoms with Gasteiger partial charge < -0.3 is 4.90 Å². The van der Waals surface area contributed by atoms with Gasteiger partial charge in [-0.05, 0) is 51.3 Å². The van der Waals surface area contributed by atoms with Crippen LogP contribution in [-0.4, -0.2) is 27.9 Å². The zero-order valence-corrected chi connectivity index (χ0v) is 16.4. The van der Waals surface area contributed by atoms with Crippen LogP contribution in [0.5, 0.6) is 0 Å². The maximum Gasteiger partial charge on any atom is 0.255 e. The number of carbonyl (C=O) groups excluding carboxylic acids is 1. The van der Waals surface area contributed by atoms with Crippen LogP contribution in [0.2, 0.25) is 5.02 Å². The van der Waals surface area contributed by atoms with Crippen LogP contribution >= 0.6 is 11.6 Å². The fraction of sp³-hybridized carbons (Fsp3) is 0.304. The van der Waals surface area contributed by atoms with Gasteiger partial charge in [-0.3, -0.25) is 4.79 Å². The molecule has 2 atom stereocenters. The molecule has 0 aliphatic carbocycles. The van der Waals surface area contributed by atoms with Gasteiger partial charge in [-0.25, -0.2) is 4.98 Å². The van der Waals surface area contributed by atoms with Gasteiger partial charge in [-0.15, -0.1) is 0 Å². The van der Waals surface area contributed by atoms with Crippen LogP contribution in [-0.2, 0) is 0 Å². The van der Waals surface area contributed by atoms with Crippen molar-refractivity contribution in [2.45, 2.75) is 45.2 Å². The first-order valence-electron chi connectivity index (χ1n) is 9.53. The summed E-state index contributed by atoms with van der Waals surface area (Å²) in [5, 5.41) is 1.53. The van der Waals surface area contributed by atoms with E-state index in [4.69, 9.17) is 16.6 Å². The van der Waals surface area contributed by atoms with Crippen molar-refractivity contribution < 1.29 is 4.79 Å². The average Bonchev–Trinajstić information content (AvgIpc) is 2.67. The predicted octanol–water partition coefficient (Wildman–Crippen LogP) is 5.96. The third kappa shape index (κ3) is 3.32. The quantitative estimate of drug-likeness (QED) is 0.551. The molecule has 1 aliphatic heterocycles. The van der Waals surface area contributed by atoms with Crippen molar-refractivity contribution in [1.82, 2.24) is 9.88 Å². The minimum atomic E-state index is 0.0848. The molecule has 3 aromatic rings. The Morgan fingerprint density at radius 3 is 2.44 bits per heavy atom. The number of rotatable bonds is 2. The molecule has 138 valence electrons. The Labute approximate surface area is 165 Å². The number of halogens is 1. The van der Waals surface area contributed by atoms with Crippen molar-refractivity contribution in [3.05, 3.63) is 65.2 Å². The number of carbonyl (C=O) groups is 1. The van der Waals surface area contributed by atoms with Crippen molar-refractivity contribution in [2.24, 2.45) is 0 Å². The lowest BCUT2D eigenvalue weighted by Gasteiger charge is -2.39. The van der Waals surface area contributed by atoms with E-state index in [9.17, 15) is 4.79 Å². The van der Waals surface area contributed by atoms with Gasteiger partial charge in [0, 0.05) is 28.1 Å². The standard InChI is InChI=1S/C23H23ClN2O/c1-15-8-7-9-16(2)26(15)23(27)19-14-22(18-11-3-5-12-20(18)24)25-21-13-6-4-10-17(19)21/h3-6,10-16H,7-9H2,1-2H3. The Morgan fingerprint density at radius 1 is 1.04 bits per heavy atom. The summed E-state index contributed by atoms with van der Waals surface area (Å²) in [7, 11) is 0. The Hall–Kier alpha value is -2.39. The summed E-state index contributed by atoms with van der Waals surface area (Å²) in [6.45, 7) is 4.29. The van der Waals surface area contributed by atoms with E-state index >= 15 is 0 Å². The lowest BCUT2D eigenvalue weighted by molar-refractivity contribution is 0.0513. The van der Waals surface area contributed by atoms with E-state index in [1.54, 1.807) is 0 Å². The van der Waals surface area contributed by atoms with Crippen LogP contribution in [0.15, 0.2) is 54.6 Å². The van der Waals surface area contributed by atoms with Crippen LogP contribution in [0.25, 0.3) is 22.2 Å². The number of aromatic nitrogens is 1. The monoisotopic (exact) mass is 378 g/mol. The Morgan fingerprint density at radius 2 is 1.70 bits per heavy atom. The topological polar surface area (TPSA) is 33.2 Å². The highest BCUT2D eigenvalue weighted by Gasteiger charge is 2.31. The van der Waals surface area contributed by atoms with Gasteiger partial charge in [0.1, 0.15) is 0 Å². The number of pyridine rings is 1. The van der Waals surface area contributed by atoms with E-state index < -0.39 is 0 Å². The van der Waals surface area contributed by atoms with Crippen molar-refractivity contribution in [1.29, 1.82) is 0 Å². The van der Waals surface area contributed by atoms with Gasteiger partial charge in [0.2, 0.25) is 0 Å². The minimum absolute atomic E-state index is 0.0848. The van der Waals surface area contributed by atoms with E-state index in [0.29, 0.717) is 10.6 Å². The van der Waals surface area contributed by atoms with Crippen molar-refractivity contribution in [2.75, 3.05) is 0 Å². The van der Waals surface area contributed by atoms with Crippen LogP contribution in [0.4, 0.5) is 0 Å². The zero-order valence-electron chi connectivity index (χ0n) is 15.7. The van der Waals surface area contributed by atoms with Crippen molar-refractivity contribution >= 4 is 28.4 Å². The first-order chi connectivity index (χ1) is 13.1. The summed E-state index contributed by atoms with van der Waals surface area (Å²) >= 11 is 6.40. The number of piperidine rings is 1. The summed E-state index contributed by atoms with van der Waals surface area (Å²) in [6, 6.07) is 17.9. The fourth-order valence-electron chi connectivity index (χ4n) is 4.12. The lowest BCUT2D eigenvalue weighted by atomic mass is 9.95. The zero-order chi connectivity index (χ0) is 19.0. The summed E-state index contributed by atoms with van der Waals surface area (Å²) < 4.78 is 0. The molecular formula is C23H23ClN2O. The molecule has 1 amide bonds. The van der Waals surface area contributed by atoms with E-state index in [1.807, 2.05) is 59.5 Å². The third-order valence-electron chi connectivity index (χ3n) is 5.52. The average molecular weight is 379 g/mol. The van der Waals surface area contributed by atoms with Crippen molar-refractivity contribution in [3.63, 3.8) is 0 Å². The van der Waals surface area contributed by atoms with Crippen LogP contribution in [0, 0.1) is 0 Å². The third-order valence-corrected chi connectivity index (χ3v) is 5.85. The second-order valence-corrected chi connectivity index (χ2v) is 7.80. The van der Waals surface area contributed by atoms with Gasteiger partial charge in [0.25, 0.3) is 5.91 Å². The molecule has 1 saturated heterocycles. The van der Waals surface area contributed by atoms with E-state index in [-0.39, 0.29) is 18.0 Å². The number of amides is 1. The molecule has 0 spiro atoms. The van der Waals surface area contributed by atoms with Gasteiger partial charge in [-0.1, -0.05) is 48.0 Å². The second kappa shape index (κ2) is 7.32. The molecule has 2 unspecified atom stereocenters. The molecule has 1 aliphatic rings. The highest BCUT2D eigenvalue weighted by Crippen LogP contribution is 2.32. The van der Waals surface area contributed by atoms with Crippen LogP contribution in [0.1, 0.15) is 43.5 Å². The van der Waals surface area contributed by atoms with Crippen LogP contribution in [0.3, 0.4) is 0 Å². The smallest absolute Gasteiger partial charge is 0.255 e. The predicted molar refractivity (Wildman–Crippen MR) is 111 cm³/mol. The summed E-state index contributed by atoms with van der Waals surface area (Å²) in [5.74, 6) is 0.0848. The number of likely N-dealkylation sites (tertiary alicyclic amines) is 1. The molecule has 0 bridgehead atoms. The van der Waals surface area contributed by atoms with Gasteiger partial charge in [0.05, 0.1) is 16.8 Å². The summed E-state index contributed by atoms with van der Waals surface area (Å²) in [4.78, 5) is 20.4. The maximum absolute atomic E-state index is 13.6. The molecule has 0 saturated carbocycles. The van der Waals surface area contributed by atoms with E-state index in [1.165, 1.54) is 6.42 Å². The molecule has 0 N–H and O–H groups in total. The Balaban J connectivity index is 1.89.